The van der Waals surface area contributed by atoms with E-state index in [1.54, 1.807) is 24.7 Å². The number of rotatable bonds is 2. The molecular weight excluding hydrogens is 276 g/mol. The molecule has 1 aromatic carbocycles. The molecule has 0 bridgehead atoms. The van der Waals surface area contributed by atoms with Crippen LogP contribution >= 0.6 is 0 Å². The lowest BCUT2D eigenvalue weighted by atomic mass is 9.98. The molecule has 0 saturated heterocycles. The highest BCUT2D eigenvalue weighted by Gasteiger charge is 2.10. The molecule has 1 aliphatic rings. The highest BCUT2D eigenvalue weighted by atomic mass is 16.4. The van der Waals surface area contributed by atoms with Crippen LogP contribution in [-0.2, 0) is 4.79 Å². The number of imidazole rings is 1. The van der Waals surface area contributed by atoms with Gasteiger partial charge in [0.15, 0.2) is 0 Å². The molecule has 0 saturated carbocycles. The van der Waals surface area contributed by atoms with Crippen LogP contribution < -0.4 is 0 Å². The topological polar surface area (TPSA) is 55.1 Å². The average Bonchev–Trinajstić information content (AvgIpc) is 3.08. The summed E-state index contributed by atoms with van der Waals surface area (Å²) < 4.78 is 1.93. The fraction of sp³-hybridized carbons (Fsp3) is 0.111. The number of aliphatic carboxylic acids is 1. The molecule has 22 heavy (non-hydrogen) atoms. The van der Waals surface area contributed by atoms with E-state index in [2.05, 4.69) is 16.8 Å². The van der Waals surface area contributed by atoms with Crippen LogP contribution in [0, 0.1) is 11.8 Å². The lowest BCUT2D eigenvalue weighted by molar-refractivity contribution is -0.132. The summed E-state index contributed by atoms with van der Waals surface area (Å²) in [5.41, 5.74) is 3.37. The van der Waals surface area contributed by atoms with Gasteiger partial charge in [0, 0.05) is 34.8 Å². The Bertz CT molecular complexity index is 801. The molecule has 0 fully saturated rings. The molecular formula is C18H14N2O2. The fourth-order valence-corrected chi connectivity index (χ4v) is 2.20. The summed E-state index contributed by atoms with van der Waals surface area (Å²) in [4.78, 5) is 14.8. The lowest BCUT2D eigenvalue weighted by Crippen LogP contribution is -2.03. The summed E-state index contributed by atoms with van der Waals surface area (Å²) >= 11 is 0. The third kappa shape index (κ3) is 3.15. The molecule has 3 rings (SSSR count). The van der Waals surface area contributed by atoms with Gasteiger partial charge in [-0.25, -0.2) is 9.78 Å². The van der Waals surface area contributed by atoms with E-state index < -0.39 is 5.97 Å². The number of carboxylic acids is 1. The number of benzene rings is 1. The molecule has 0 amide bonds. The Hall–Kier alpha value is -3.06. The minimum Gasteiger partial charge on any atom is -0.478 e. The molecule has 0 atom stereocenters. The highest BCUT2D eigenvalue weighted by molar-refractivity contribution is 5.87. The number of hydrogen-bond acceptors (Lipinski definition) is 2. The standard InChI is InChI=1S/C18H14N2O2/c21-18(22)16-7-3-14(4-8-16)1-2-15-5-9-17(10-6-15)20-12-11-19-13-20/h3,5-7,9-13H,4,8H2,(H,21,22). The molecule has 1 aliphatic carbocycles. The normalized spacial score (nSPS) is 13.6. The summed E-state index contributed by atoms with van der Waals surface area (Å²) in [7, 11) is 0. The predicted molar refractivity (Wildman–Crippen MR) is 83.5 cm³/mol. The molecule has 1 heterocycles. The van der Waals surface area contributed by atoms with E-state index in [-0.39, 0.29) is 0 Å². The van der Waals surface area contributed by atoms with Crippen molar-refractivity contribution in [3.05, 3.63) is 71.8 Å². The van der Waals surface area contributed by atoms with E-state index in [0.717, 1.165) is 16.8 Å². The predicted octanol–water partition coefficient (Wildman–Crippen LogP) is 2.96. The maximum absolute atomic E-state index is 10.8. The molecule has 2 aromatic rings. The SMILES string of the molecule is O=C(O)C1=CC=C(C#Cc2ccc(-n3ccnc3)cc2)CC1. The molecule has 0 radical (unpaired) electrons. The quantitative estimate of drug-likeness (QED) is 0.865. The van der Waals surface area contributed by atoms with Crippen molar-refractivity contribution < 1.29 is 9.90 Å². The van der Waals surface area contributed by atoms with Gasteiger partial charge in [0.05, 0.1) is 6.33 Å². The van der Waals surface area contributed by atoms with Crippen molar-refractivity contribution in [2.45, 2.75) is 12.8 Å². The minimum absolute atomic E-state index is 0.440. The summed E-state index contributed by atoms with van der Waals surface area (Å²) in [5.74, 6) is 5.37. The molecule has 4 nitrogen and oxygen atoms in total. The van der Waals surface area contributed by atoms with E-state index in [0.29, 0.717) is 18.4 Å². The van der Waals surface area contributed by atoms with Crippen LogP contribution in [0.15, 0.2) is 66.3 Å². The van der Waals surface area contributed by atoms with Gasteiger partial charge in [0.1, 0.15) is 0 Å². The smallest absolute Gasteiger partial charge is 0.331 e. The molecule has 0 unspecified atom stereocenters. The van der Waals surface area contributed by atoms with E-state index in [1.807, 2.05) is 35.0 Å². The van der Waals surface area contributed by atoms with Gasteiger partial charge in [0.25, 0.3) is 0 Å². The number of nitrogens with zero attached hydrogens (tertiary/aromatic N) is 2. The van der Waals surface area contributed by atoms with Crippen molar-refractivity contribution in [2.24, 2.45) is 0 Å². The van der Waals surface area contributed by atoms with Gasteiger partial charge in [0.2, 0.25) is 0 Å². The van der Waals surface area contributed by atoms with Crippen molar-refractivity contribution in [3.63, 3.8) is 0 Å². The Morgan fingerprint density at radius 1 is 1.14 bits per heavy atom. The number of hydrogen-bond donors (Lipinski definition) is 1. The molecule has 4 heteroatoms. The van der Waals surface area contributed by atoms with Crippen molar-refractivity contribution in [1.29, 1.82) is 0 Å². The minimum atomic E-state index is -0.849. The van der Waals surface area contributed by atoms with Crippen molar-refractivity contribution in [3.8, 4) is 17.5 Å². The zero-order valence-corrected chi connectivity index (χ0v) is 11.9. The maximum atomic E-state index is 10.8. The summed E-state index contributed by atoms with van der Waals surface area (Å²) in [6, 6.07) is 7.90. The fourth-order valence-electron chi connectivity index (χ4n) is 2.20. The van der Waals surface area contributed by atoms with E-state index in [9.17, 15) is 4.79 Å². The number of carboxylic acid groups (broad SMARTS) is 1. The first kappa shape index (κ1) is 13.9. The van der Waals surface area contributed by atoms with Crippen LogP contribution in [0.1, 0.15) is 18.4 Å². The van der Waals surface area contributed by atoms with Crippen LogP contribution in [0.5, 0.6) is 0 Å². The van der Waals surface area contributed by atoms with Crippen LogP contribution in [0.2, 0.25) is 0 Å². The Kier molecular flexibility index (Phi) is 3.88. The summed E-state index contributed by atoms with van der Waals surface area (Å²) in [6.07, 6.45) is 10.0. The number of aromatic nitrogens is 2. The van der Waals surface area contributed by atoms with Gasteiger partial charge in [-0.1, -0.05) is 24.0 Å². The molecule has 1 aromatic heterocycles. The molecule has 0 aliphatic heterocycles. The first-order valence-electron chi connectivity index (χ1n) is 6.96. The Balaban J connectivity index is 1.74. The number of allylic oxidation sites excluding steroid dienone is 3. The Morgan fingerprint density at radius 3 is 2.55 bits per heavy atom. The monoisotopic (exact) mass is 290 g/mol. The molecule has 108 valence electrons. The van der Waals surface area contributed by atoms with Crippen LogP contribution in [0.25, 0.3) is 5.69 Å². The van der Waals surface area contributed by atoms with E-state index in [1.165, 1.54) is 0 Å². The second-order valence-corrected chi connectivity index (χ2v) is 4.96. The number of carbonyl (C=O) groups is 1. The first-order valence-corrected chi connectivity index (χ1v) is 6.96. The molecule has 1 N–H and O–H groups in total. The largest absolute Gasteiger partial charge is 0.478 e. The second-order valence-electron chi connectivity index (χ2n) is 4.96. The average molecular weight is 290 g/mol. The van der Waals surface area contributed by atoms with Gasteiger partial charge in [-0.2, -0.15) is 0 Å². The Labute approximate surface area is 128 Å². The summed E-state index contributed by atoms with van der Waals surface area (Å²) in [5, 5.41) is 8.90. The van der Waals surface area contributed by atoms with Gasteiger partial charge in [-0.05, 0) is 37.1 Å². The van der Waals surface area contributed by atoms with Crippen molar-refractivity contribution in [2.75, 3.05) is 0 Å². The lowest BCUT2D eigenvalue weighted by Gasteiger charge is -2.06. The van der Waals surface area contributed by atoms with Gasteiger partial charge in [-0.3, -0.25) is 0 Å². The van der Waals surface area contributed by atoms with Crippen LogP contribution in [0.4, 0.5) is 0 Å². The highest BCUT2D eigenvalue weighted by Crippen LogP contribution is 2.18. The zero-order chi connectivity index (χ0) is 15.4. The van der Waals surface area contributed by atoms with Crippen molar-refractivity contribution >= 4 is 5.97 Å². The zero-order valence-electron chi connectivity index (χ0n) is 11.9. The van der Waals surface area contributed by atoms with Crippen LogP contribution in [0.3, 0.4) is 0 Å². The van der Waals surface area contributed by atoms with E-state index in [4.69, 9.17) is 5.11 Å². The third-order valence-corrected chi connectivity index (χ3v) is 3.46. The third-order valence-electron chi connectivity index (χ3n) is 3.46. The summed E-state index contributed by atoms with van der Waals surface area (Å²) in [6.45, 7) is 0. The second kappa shape index (κ2) is 6.15. The van der Waals surface area contributed by atoms with Crippen molar-refractivity contribution in [1.82, 2.24) is 9.55 Å². The van der Waals surface area contributed by atoms with Gasteiger partial charge < -0.3 is 9.67 Å². The molecule has 0 spiro atoms. The Morgan fingerprint density at radius 2 is 1.95 bits per heavy atom. The first-order chi connectivity index (χ1) is 10.7. The van der Waals surface area contributed by atoms with Gasteiger partial charge in [-0.15, -0.1) is 0 Å². The maximum Gasteiger partial charge on any atom is 0.331 e. The van der Waals surface area contributed by atoms with Gasteiger partial charge >= 0.3 is 5.97 Å². The van der Waals surface area contributed by atoms with E-state index >= 15 is 0 Å². The van der Waals surface area contributed by atoms with Crippen LogP contribution in [-0.4, -0.2) is 20.6 Å².